The van der Waals surface area contributed by atoms with Gasteiger partial charge in [0.25, 0.3) is 0 Å². The van der Waals surface area contributed by atoms with Crippen molar-refractivity contribution in [2.24, 2.45) is 4.99 Å². The van der Waals surface area contributed by atoms with Crippen molar-refractivity contribution in [2.75, 3.05) is 53.0 Å². The molecule has 1 unspecified atom stereocenters. The minimum absolute atomic E-state index is 0. The van der Waals surface area contributed by atoms with Crippen LogP contribution in [0.4, 0.5) is 0 Å². The number of rotatable bonds is 4. The van der Waals surface area contributed by atoms with E-state index < -0.39 is 0 Å². The number of morpholine rings is 1. The lowest BCUT2D eigenvalue weighted by molar-refractivity contribution is -0.120. The second-order valence-corrected chi connectivity index (χ2v) is 6.16. The highest BCUT2D eigenvalue weighted by Gasteiger charge is 2.30. The fourth-order valence-corrected chi connectivity index (χ4v) is 3.04. The van der Waals surface area contributed by atoms with Crippen LogP contribution in [0.5, 0.6) is 0 Å². The summed E-state index contributed by atoms with van der Waals surface area (Å²) in [5.41, 5.74) is 0. The van der Waals surface area contributed by atoms with Gasteiger partial charge in [-0.3, -0.25) is 14.7 Å². The lowest BCUT2D eigenvalue weighted by Gasteiger charge is -2.32. The molecule has 0 saturated carbocycles. The van der Waals surface area contributed by atoms with Gasteiger partial charge in [0, 0.05) is 45.3 Å². The second-order valence-electron chi connectivity index (χ2n) is 6.16. The number of amides is 1. The number of hydrogen-bond acceptors (Lipinski definition) is 4. The van der Waals surface area contributed by atoms with E-state index in [9.17, 15) is 4.79 Å². The van der Waals surface area contributed by atoms with E-state index in [4.69, 9.17) is 4.74 Å². The smallest absolute Gasteiger partial charge is 0.239 e. The Morgan fingerprint density at radius 3 is 2.61 bits per heavy atom. The number of carbonyl (C=O) groups is 1. The summed E-state index contributed by atoms with van der Waals surface area (Å²) >= 11 is 0. The van der Waals surface area contributed by atoms with Gasteiger partial charge in [-0.1, -0.05) is 0 Å². The molecule has 8 heteroatoms. The summed E-state index contributed by atoms with van der Waals surface area (Å²) in [5, 5.41) is 6.04. The van der Waals surface area contributed by atoms with E-state index in [-0.39, 0.29) is 42.5 Å². The molecule has 2 rings (SSSR count). The summed E-state index contributed by atoms with van der Waals surface area (Å²) in [5.74, 6) is 0.815. The fraction of sp³-hybridized carbons (Fsp3) is 0.867. The third-order valence-electron chi connectivity index (χ3n) is 4.09. The first-order chi connectivity index (χ1) is 10.6. The van der Waals surface area contributed by atoms with Gasteiger partial charge in [-0.05, 0) is 20.3 Å². The molecule has 1 atom stereocenters. The monoisotopic (exact) mass is 439 g/mol. The Morgan fingerprint density at radius 2 is 2.00 bits per heavy atom. The Bertz CT molecular complexity index is 399. The molecule has 0 aliphatic carbocycles. The number of aliphatic imine (C=N–C) groups is 1. The maximum Gasteiger partial charge on any atom is 0.239 e. The average Bonchev–Trinajstić information content (AvgIpc) is 2.98. The van der Waals surface area contributed by atoms with E-state index in [0.29, 0.717) is 6.04 Å². The van der Waals surface area contributed by atoms with Gasteiger partial charge in [-0.15, -0.1) is 24.0 Å². The van der Waals surface area contributed by atoms with Crippen molar-refractivity contribution >= 4 is 35.8 Å². The zero-order chi connectivity index (χ0) is 15.9. The highest BCUT2D eigenvalue weighted by Crippen LogP contribution is 2.16. The van der Waals surface area contributed by atoms with Crippen LogP contribution in [-0.4, -0.2) is 86.7 Å². The van der Waals surface area contributed by atoms with Crippen LogP contribution in [0, 0.1) is 0 Å². The van der Waals surface area contributed by atoms with Crippen LogP contribution in [-0.2, 0) is 9.53 Å². The van der Waals surface area contributed by atoms with E-state index in [2.05, 4.69) is 25.4 Å². The van der Waals surface area contributed by atoms with Crippen LogP contribution >= 0.6 is 24.0 Å². The summed E-state index contributed by atoms with van der Waals surface area (Å²) in [6.07, 6.45) is 1.14. The third-order valence-corrected chi connectivity index (χ3v) is 4.09. The predicted octanol–water partition coefficient (Wildman–Crippen LogP) is 0.111. The van der Waals surface area contributed by atoms with Gasteiger partial charge >= 0.3 is 0 Å². The molecule has 0 spiro atoms. The number of nitrogens with one attached hydrogen (secondary N) is 2. The zero-order valence-corrected chi connectivity index (χ0v) is 16.7. The molecule has 0 radical (unpaired) electrons. The molecule has 2 saturated heterocycles. The average molecular weight is 439 g/mol. The zero-order valence-electron chi connectivity index (χ0n) is 14.4. The van der Waals surface area contributed by atoms with Crippen LogP contribution in [0.1, 0.15) is 20.3 Å². The first-order valence-corrected chi connectivity index (χ1v) is 8.17. The first-order valence-electron chi connectivity index (χ1n) is 8.17. The molecule has 2 aliphatic rings. The van der Waals surface area contributed by atoms with Gasteiger partial charge in [-0.25, -0.2) is 0 Å². The second kappa shape index (κ2) is 10.3. The lowest BCUT2D eigenvalue weighted by atomic mass is 10.2. The molecular weight excluding hydrogens is 409 g/mol. The quantitative estimate of drug-likeness (QED) is 0.370. The molecule has 2 fully saturated rings. The largest absolute Gasteiger partial charge is 0.379 e. The van der Waals surface area contributed by atoms with E-state index in [1.54, 1.807) is 7.05 Å². The minimum Gasteiger partial charge on any atom is -0.379 e. The van der Waals surface area contributed by atoms with Gasteiger partial charge in [0.1, 0.15) is 0 Å². The lowest BCUT2D eigenvalue weighted by Crippen LogP contribution is -2.48. The van der Waals surface area contributed by atoms with Gasteiger partial charge < -0.3 is 20.3 Å². The van der Waals surface area contributed by atoms with Crippen LogP contribution in [0.3, 0.4) is 0 Å². The summed E-state index contributed by atoms with van der Waals surface area (Å²) in [4.78, 5) is 20.8. The highest BCUT2D eigenvalue weighted by molar-refractivity contribution is 14.0. The summed E-state index contributed by atoms with van der Waals surface area (Å²) in [6.45, 7) is 9.82. The van der Waals surface area contributed by atoms with Crippen LogP contribution in [0.15, 0.2) is 4.99 Å². The molecule has 23 heavy (non-hydrogen) atoms. The minimum atomic E-state index is 0. The standard InChI is InChI=1S/C15H29N5O2.HI/c1-12(2)18-14(21)10-17-15(16-3)20-5-4-13(11-20)19-6-8-22-9-7-19;/h12-13H,4-11H2,1-3H3,(H,16,17)(H,18,21);1H. The van der Waals surface area contributed by atoms with Crippen molar-refractivity contribution in [3.63, 3.8) is 0 Å². The fourth-order valence-electron chi connectivity index (χ4n) is 3.04. The summed E-state index contributed by atoms with van der Waals surface area (Å²) < 4.78 is 5.42. The summed E-state index contributed by atoms with van der Waals surface area (Å²) in [6, 6.07) is 0.723. The normalized spacial score (nSPS) is 22.9. The number of carbonyl (C=O) groups excluding carboxylic acids is 1. The predicted molar refractivity (Wildman–Crippen MR) is 102 cm³/mol. The highest BCUT2D eigenvalue weighted by atomic mass is 127. The first kappa shape index (κ1) is 20.4. The van der Waals surface area contributed by atoms with Crippen LogP contribution in [0.2, 0.25) is 0 Å². The molecule has 134 valence electrons. The van der Waals surface area contributed by atoms with Crippen molar-refractivity contribution in [1.82, 2.24) is 20.4 Å². The molecule has 0 aromatic heterocycles. The van der Waals surface area contributed by atoms with Gasteiger partial charge in [0.2, 0.25) is 5.91 Å². The van der Waals surface area contributed by atoms with Crippen LogP contribution in [0.25, 0.3) is 0 Å². The third kappa shape index (κ3) is 6.42. The number of guanidine groups is 1. The molecule has 2 aliphatic heterocycles. The Hall–Kier alpha value is -0.610. The Kier molecular flexibility index (Phi) is 9.15. The van der Waals surface area contributed by atoms with Crippen molar-refractivity contribution in [1.29, 1.82) is 0 Å². The van der Waals surface area contributed by atoms with Crippen molar-refractivity contribution in [2.45, 2.75) is 32.4 Å². The Labute approximate surface area is 156 Å². The molecule has 0 aromatic rings. The van der Waals surface area contributed by atoms with E-state index >= 15 is 0 Å². The van der Waals surface area contributed by atoms with Gasteiger partial charge in [0.15, 0.2) is 5.96 Å². The maximum atomic E-state index is 11.7. The Morgan fingerprint density at radius 1 is 1.30 bits per heavy atom. The van der Waals surface area contributed by atoms with E-state index in [1.807, 2.05) is 13.8 Å². The number of nitrogens with zero attached hydrogens (tertiary/aromatic N) is 3. The maximum absolute atomic E-state index is 11.7. The molecule has 7 nitrogen and oxygen atoms in total. The molecular formula is C15H30IN5O2. The van der Waals surface area contributed by atoms with Gasteiger partial charge in [-0.2, -0.15) is 0 Å². The van der Waals surface area contributed by atoms with Gasteiger partial charge in [0.05, 0.1) is 19.8 Å². The van der Waals surface area contributed by atoms with Crippen molar-refractivity contribution < 1.29 is 9.53 Å². The number of halogens is 1. The van der Waals surface area contributed by atoms with E-state index in [0.717, 1.165) is 51.8 Å². The van der Waals surface area contributed by atoms with E-state index in [1.165, 1.54) is 0 Å². The summed E-state index contributed by atoms with van der Waals surface area (Å²) in [7, 11) is 1.77. The molecule has 0 aromatic carbocycles. The number of hydrogen-bond donors (Lipinski definition) is 2. The SMILES string of the molecule is CN=C(NCC(=O)NC(C)C)N1CCC(N2CCOCC2)C1.I. The topological polar surface area (TPSA) is 69.2 Å². The molecule has 2 N–H and O–H groups in total. The molecule has 0 bridgehead atoms. The number of ether oxygens (including phenoxy) is 1. The van der Waals surface area contributed by atoms with Crippen molar-refractivity contribution in [3.05, 3.63) is 0 Å². The van der Waals surface area contributed by atoms with Crippen LogP contribution < -0.4 is 10.6 Å². The molecule has 2 heterocycles. The molecule has 1 amide bonds. The Balaban J connectivity index is 0.00000264. The number of likely N-dealkylation sites (tertiary alicyclic amines) is 1. The van der Waals surface area contributed by atoms with Crippen molar-refractivity contribution in [3.8, 4) is 0 Å².